The van der Waals surface area contributed by atoms with Crippen LogP contribution in [0.5, 0.6) is 0 Å². The van der Waals surface area contributed by atoms with Gasteiger partial charge in [-0.15, -0.1) is 0 Å². The molecule has 1 amide bonds. The molecule has 0 aliphatic rings. The van der Waals surface area contributed by atoms with Crippen LogP contribution in [0.25, 0.3) is 0 Å². The number of amides is 1. The van der Waals surface area contributed by atoms with Crippen molar-refractivity contribution in [3.8, 4) is 0 Å². The summed E-state index contributed by atoms with van der Waals surface area (Å²) in [6, 6.07) is 6.67. The van der Waals surface area contributed by atoms with E-state index >= 15 is 0 Å². The second-order valence-corrected chi connectivity index (χ2v) is 4.27. The second kappa shape index (κ2) is 5.22. The average Bonchev–Trinajstić information content (AvgIpc) is 2.32. The smallest absolute Gasteiger partial charge is 0.259 e. The number of anilines is 1. The van der Waals surface area contributed by atoms with E-state index in [-0.39, 0.29) is 11.3 Å². The number of hydrogen-bond donors (Lipinski definition) is 1. The van der Waals surface area contributed by atoms with Crippen molar-refractivity contribution in [1.29, 1.82) is 0 Å². The van der Waals surface area contributed by atoms with Crippen LogP contribution in [0.2, 0.25) is 0 Å². The van der Waals surface area contributed by atoms with Crippen molar-refractivity contribution < 1.29 is 13.6 Å². The first-order valence-corrected chi connectivity index (χ1v) is 5.74. The molecule has 0 saturated carbocycles. The van der Waals surface area contributed by atoms with Gasteiger partial charge in [0.2, 0.25) is 5.95 Å². The molecule has 2 rings (SSSR count). The van der Waals surface area contributed by atoms with Crippen molar-refractivity contribution in [3.05, 3.63) is 58.3 Å². The first-order chi connectivity index (χ1) is 8.58. The highest BCUT2D eigenvalue weighted by molar-refractivity contribution is 9.10. The number of nitrogens with one attached hydrogen (secondary N) is 1. The van der Waals surface area contributed by atoms with Crippen LogP contribution in [-0.4, -0.2) is 10.9 Å². The van der Waals surface area contributed by atoms with Crippen molar-refractivity contribution in [1.82, 2.24) is 4.98 Å². The number of benzene rings is 1. The highest BCUT2D eigenvalue weighted by Gasteiger charge is 2.15. The van der Waals surface area contributed by atoms with E-state index < -0.39 is 17.7 Å². The van der Waals surface area contributed by atoms with Gasteiger partial charge in [0.25, 0.3) is 5.91 Å². The highest BCUT2D eigenvalue weighted by Crippen LogP contribution is 2.20. The molecule has 6 heteroatoms. The predicted octanol–water partition coefficient (Wildman–Crippen LogP) is 3.37. The van der Waals surface area contributed by atoms with Crippen LogP contribution in [-0.2, 0) is 0 Å². The quantitative estimate of drug-likeness (QED) is 0.864. The van der Waals surface area contributed by atoms with Gasteiger partial charge in [0.15, 0.2) is 0 Å². The normalized spacial score (nSPS) is 10.2. The molecule has 0 aliphatic carbocycles. The van der Waals surface area contributed by atoms with Gasteiger partial charge in [0.1, 0.15) is 5.82 Å². The minimum absolute atomic E-state index is 0.109. The molecule has 2 aromatic rings. The number of halogens is 3. The summed E-state index contributed by atoms with van der Waals surface area (Å²) in [6.45, 7) is 0. The summed E-state index contributed by atoms with van der Waals surface area (Å²) < 4.78 is 26.4. The largest absolute Gasteiger partial charge is 0.320 e. The molecule has 0 unspecified atom stereocenters. The Morgan fingerprint density at radius 1 is 1.22 bits per heavy atom. The van der Waals surface area contributed by atoms with Crippen LogP contribution < -0.4 is 5.32 Å². The highest BCUT2D eigenvalue weighted by atomic mass is 79.9. The van der Waals surface area contributed by atoms with Gasteiger partial charge in [-0.1, -0.05) is 6.07 Å². The molecule has 0 atom stereocenters. The van der Waals surface area contributed by atoms with Gasteiger partial charge in [0, 0.05) is 4.47 Å². The first-order valence-electron chi connectivity index (χ1n) is 4.95. The van der Waals surface area contributed by atoms with E-state index in [0.717, 1.165) is 12.3 Å². The maximum absolute atomic E-state index is 13.5. The van der Waals surface area contributed by atoms with E-state index in [1.807, 2.05) is 0 Å². The molecule has 3 nitrogen and oxygen atoms in total. The lowest BCUT2D eigenvalue weighted by Gasteiger charge is -2.07. The van der Waals surface area contributed by atoms with E-state index in [9.17, 15) is 13.6 Å². The number of rotatable bonds is 2. The Labute approximate surface area is 110 Å². The molecule has 0 fully saturated rings. The zero-order chi connectivity index (χ0) is 13.1. The maximum atomic E-state index is 13.5. The number of carbonyl (C=O) groups is 1. The minimum atomic E-state index is -0.653. The van der Waals surface area contributed by atoms with Gasteiger partial charge < -0.3 is 5.32 Å². The summed E-state index contributed by atoms with van der Waals surface area (Å²) in [4.78, 5) is 15.2. The van der Waals surface area contributed by atoms with E-state index in [1.54, 1.807) is 6.07 Å². The molecule has 0 saturated heterocycles. The van der Waals surface area contributed by atoms with Crippen LogP contribution in [0.15, 0.2) is 41.0 Å². The van der Waals surface area contributed by atoms with Gasteiger partial charge in [-0.2, -0.15) is 4.39 Å². The Morgan fingerprint density at radius 3 is 2.61 bits per heavy atom. The average molecular weight is 313 g/mol. The lowest BCUT2D eigenvalue weighted by atomic mass is 10.2. The third-order valence-corrected chi connectivity index (χ3v) is 2.84. The number of nitrogens with zero attached hydrogens (tertiary/aromatic N) is 1. The number of aromatic nitrogens is 1. The summed E-state index contributed by atoms with van der Waals surface area (Å²) in [5, 5.41) is 2.43. The summed E-state index contributed by atoms with van der Waals surface area (Å²) in [7, 11) is 0. The zero-order valence-corrected chi connectivity index (χ0v) is 10.5. The third kappa shape index (κ3) is 2.70. The molecular formula is C12H7BrF2N2O. The molecule has 1 heterocycles. The topological polar surface area (TPSA) is 42.0 Å². The SMILES string of the molecule is O=C(Nc1ccc(F)nc1)c1c(F)cccc1Br. The fraction of sp³-hybridized carbons (Fsp3) is 0. The first kappa shape index (κ1) is 12.6. The summed E-state index contributed by atoms with van der Waals surface area (Å²) in [6.07, 6.45) is 1.15. The van der Waals surface area contributed by atoms with Crippen LogP contribution in [0.4, 0.5) is 14.5 Å². The van der Waals surface area contributed by atoms with Crippen molar-refractivity contribution >= 4 is 27.5 Å². The Balaban J connectivity index is 2.25. The number of hydrogen-bond acceptors (Lipinski definition) is 2. The number of carbonyl (C=O) groups excluding carboxylic acids is 1. The van der Waals surface area contributed by atoms with Crippen LogP contribution in [0, 0.1) is 11.8 Å². The fourth-order valence-corrected chi connectivity index (χ4v) is 1.88. The molecule has 1 N–H and O–H groups in total. The summed E-state index contributed by atoms with van der Waals surface area (Å²) in [5.74, 6) is -1.93. The maximum Gasteiger partial charge on any atom is 0.259 e. The Bertz CT molecular complexity index is 567. The van der Waals surface area contributed by atoms with Crippen LogP contribution in [0.1, 0.15) is 10.4 Å². The Hall–Kier alpha value is -1.82. The van der Waals surface area contributed by atoms with E-state index in [1.165, 1.54) is 18.2 Å². The van der Waals surface area contributed by atoms with E-state index in [4.69, 9.17) is 0 Å². The van der Waals surface area contributed by atoms with Crippen molar-refractivity contribution in [2.45, 2.75) is 0 Å². The van der Waals surface area contributed by atoms with Gasteiger partial charge >= 0.3 is 0 Å². The van der Waals surface area contributed by atoms with Gasteiger partial charge in [-0.3, -0.25) is 4.79 Å². The molecule has 1 aromatic heterocycles. The molecule has 0 spiro atoms. The lowest BCUT2D eigenvalue weighted by molar-refractivity contribution is 0.102. The van der Waals surface area contributed by atoms with Gasteiger partial charge in [0.05, 0.1) is 17.4 Å². The predicted molar refractivity (Wildman–Crippen MR) is 66.2 cm³/mol. The van der Waals surface area contributed by atoms with E-state index in [0.29, 0.717) is 4.47 Å². The van der Waals surface area contributed by atoms with Crippen molar-refractivity contribution in [2.24, 2.45) is 0 Å². The van der Waals surface area contributed by atoms with E-state index in [2.05, 4.69) is 26.2 Å². The molecule has 18 heavy (non-hydrogen) atoms. The van der Waals surface area contributed by atoms with Crippen molar-refractivity contribution in [3.63, 3.8) is 0 Å². The van der Waals surface area contributed by atoms with Gasteiger partial charge in [-0.25, -0.2) is 9.37 Å². The number of pyridine rings is 1. The summed E-state index contributed by atoms with van der Waals surface area (Å²) in [5.41, 5.74) is 0.179. The standard InChI is InChI=1S/C12H7BrF2N2O/c13-8-2-1-3-9(14)11(8)12(18)17-7-4-5-10(15)16-6-7/h1-6H,(H,17,18). The minimum Gasteiger partial charge on any atom is -0.320 e. The molecule has 0 radical (unpaired) electrons. The van der Waals surface area contributed by atoms with Crippen molar-refractivity contribution in [2.75, 3.05) is 5.32 Å². The van der Waals surface area contributed by atoms with Crippen LogP contribution in [0.3, 0.4) is 0 Å². The zero-order valence-electron chi connectivity index (χ0n) is 8.95. The molecule has 1 aromatic carbocycles. The summed E-state index contributed by atoms with van der Waals surface area (Å²) >= 11 is 3.10. The fourth-order valence-electron chi connectivity index (χ4n) is 1.36. The molecule has 92 valence electrons. The molecular weight excluding hydrogens is 306 g/mol. The Kier molecular flexibility index (Phi) is 3.66. The monoisotopic (exact) mass is 312 g/mol. The second-order valence-electron chi connectivity index (χ2n) is 3.42. The molecule has 0 bridgehead atoms. The van der Waals surface area contributed by atoms with Crippen LogP contribution >= 0.6 is 15.9 Å². The third-order valence-electron chi connectivity index (χ3n) is 2.18. The Morgan fingerprint density at radius 2 is 2.00 bits per heavy atom. The lowest BCUT2D eigenvalue weighted by Crippen LogP contribution is -2.14. The molecule has 0 aliphatic heterocycles. The van der Waals surface area contributed by atoms with Gasteiger partial charge in [-0.05, 0) is 40.2 Å².